The highest BCUT2D eigenvalue weighted by Gasteiger charge is 2.18. The second-order valence-electron chi connectivity index (χ2n) is 3.56. The number of ether oxygens (including phenoxy) is 1. The first-order valence-corrected chi connectivity index (χ1v) is 5.40. The molecule has 0 fully saturated rings. The van der Waals surface area contributed by atoms with Crippen LogP contribution >= 0.6 is 0 Å². The zero-order valence-corrected chi connectivity index (χ0v) is 10.0. The molecule has 0 bridgehead atoms. The zero-order valence-electron chi connectivity index (χ0n) is 10.0. The molecule has 0 radical (unpaired) electrons. The number of carbonyl (C=O) groups excluding carboxylic acids is 1. The van der Waals surface area contributed by atoms with Crippen LogP contribution < -0.4 is 4.90 Å². The minimum absolute atomic E-state index is 0.0152. The van der Waals surface area contributed by atoms with Crippen LogP contribution in [0.2, 0.25) is 0 Å². The number of aryl methyl sites for hydroxylation is 1. The number of hydrogen-bond acceptors (Lipinski definition) is 4. The van der Waals surface area contributed by atoms with Gasteiger partial charge in [-0.3, -0.25) is 9.69 Å². The van der Waals surface area contributed by atoms with E-state index in [1.54, 1.807) is 7.11 Å². The monoisotopic (exact) mass is 226 g/mol. The van der Waals surface area contributed by atoms with Gasteiger partial charge in [-0.25, -0.2) is 0 Å². The third kappa shape index (κ3) is 3.34. The maximum atomic E-state index is 11.8. The summed E-state index contributed by atoms with van der Waals surface area (Å²) >= 11 is 0. The topological polar surface area (TPSA) is 55.6 Å². The predicted molar refractivity (Wildman–Crippen MR) is 60.4 cm³/mol. The molecule has 0 spiro atoms. The summed E-state index contributed by atoms with van der Waals surface area (Å²) < 4.78 is 10.2. The molecular weight excluding hydrogens is 208 g/mol. The maximum Gasteiger partial charge on any atom is 0.304 e. The number of amides is 1. The van der Waals surface area contributed by atoms with E-state index >= 15 is 0 Å². The van der Waals surface area contributed by atoms with Gasteiger partial charge in [-0.1, -0.05) is 6.92 Å². The van der Waals surface area contributed by atoms with Crippen LogP contribution in [-0.2, 0) is 9.53 Å². The molecule has 1 rings (SSSR count). The zero-order chi connectivity index (χ0) is 12.0. The van der Waals surface area contributed by atoms with Crippen molar-refractivity contribution >= 4 is 11.9 Å². The summed E-state index contributed by atoms with van der Waals surface area (Å²) in [5.41, 5.74) is 0.765. The molecule has 1 aromatic heterocycles. The molecule has 0 unspecified atom stereocenters. The van der Waals surface area contributed by atoms with E-state index < -0.39 is 0 Å². The highest BCUT2D eigenvalue weighted by Crippen LogP contribution is 2.14. The fourth-order valence-corrected chi connectivity index (χ4v) is 1.32. The van der Waals surface area contributed by atoms with Crippen LogP contribution in [-0.4, -0.2) is 31.2 Å². The Hall–Kier alpha value is -1.36. The normalized spacial score (nSPS) is 10.4. The lowest BCUT2D eigenvalue weighted by Crippen LogP contribution is -2.33. The first-order valence-electron chi connectivity index (χ1n) is 5.40. The second kappa shape index (κ2) is 6.27. The van der Waals surface area contributed by atoms with Gasteiger partial charge in [0.1, 0.15) is 6.26 Å². The van der Waals surface area contributed by atoms with Gasteiger partial charge in [-0.2, -0.15) is 4.98 Å². The number of aromatic nitrogens is 1. The lowest BCUT2D eigenvalue weighted by molar-refractivity contribution is -0.119. The van der Waals surface area contributed by atoms with E-state index in [1.165, 1.54) is 11.2 Å². The fraction of sp³-hybridized carbons (Fsp3) is 0.636. The van der Waals surface area contributed by atoms with Crippen molar-refractivity contribution in [2.75, 3.05) is 25.2 Å². The number of rotatable bonds is 6. The van der Waals surface area contributed by atoms with Crippen molar-refractivity contribution in [3.8, 4) is 0 Å². The molecule has 16 heavy (non-hydrogen) atoms. The summed E-state index contributed by atoms with van der Waals surface area (Å²) in [7, 11) is 1.60. The standard InChI is InChI=1S/C11H18N2O3/c1-4-5-10(14)13(6-7-15-3)11-12-9(2)8-16-11/h8H,4-7H2,1-3H3. The van der Waals surface area contributed by atoms with Gasteiger partial charge < -0.3 is 9.15 Å². The molecule has 0 N–H and O–H groups in total. The number of nitrogens with zero attached hydrogens (tertiary/aromatic N) is 2. The molecule has 5 heteroatoms. The Balaban J connectivity index is 2.74. The van der Waals surface area contributed by atoms with E-state index in [2.05, 4.69) is 4.98 Å². The van der Waals surface area contributed by atoms with Crippen LogP contribution in [0.5, 0.6) is 0 Å². The predicted octanol–water partition coefficient (Wildman–Crippen LogP) is 1.76. The van der Waals surface area contributed by atoms with Crippen molar-refractivity contribution in [2.45, 2.75) is 26.7 Å². The van der Waals surface area contributed by atoms with Gasteiger partial charge in [0.2, 0.25) is 5.91 Å². The number of hydrogen-bond donors (Lipinski definition) is 0. The van der Waals surface area contributed by atoms with Crippen LogP contribution in [0.25, 0.3) is 0 Å². The van der Waals surface area contributed by atoms with Gasteiger partial charge >= 0.3 is 6.01 Å². The summed E-state index contributed by atoms with van der Waals surface area (Å²) in [6.45, 7) is 4.73. The van der Waals surface area contributed by atoms with Gasteiger partial charge in [0.25, 0.3) is 0 Å². The van der Waals surface area contributed by atoms with Crippen molar-refractivity contribution in [3.05, 3.63) is 12.0 Å². The maximum absolute atomic E-state index is 11.8. The van der Waals surface area contributed by atoms with E-state index in [0.29, 0.717) is 25.6 Å². The molecule has 0 saturated carbocycles. The molecule has 0 aliphatic heterocycles. The third-order valence-corrected chi connectivity index (χ3v) is 2.12. The number of carbonyl (C=O) groups is 1. The van der Waals surface area contributed by atoms with E-state index in [1.807, 2.05) is 13.8 Å². The second-order valence-corrected chi connectivity index (χ2v) is 3.56. The first kappa shape index (κ1) is 12.7. The molecule has 0 aliphatic rings. The number of methoxy groups -OCH3 is 1. The Labute approximate surface area is 95.4 Å². The van der Waals surface area contributed by atoms with E-state index in [-0.39, 0.29) is 5.91 Å². The fourth-order valence-electron chi connectivity index (χ4n) is 1.32. The van der Waals surface area contributed by atoms with Crippen molar-refractivity contribution in [3.63, 3.8) is 0 Å². The average molecular weight is 226 g/mol. The molecule has 0 aromatic carbocycles. The average Bonchev–Trinajstić information content (AvgIpc) is 2.66. The van der Waals surface area contributed by atoms with Crippen LogP contribution in [0, 0.1) is 6.92 Å². The van der Waals surface area contributed by atoms with Crippen molar-refractivity contribution < 1.29 is 13.9 Å². The van der Waals surface area contributed by atoms with E-state index in [4.69, 9.17) is 9.15 Å². The molecule has 1 aromatic rings. The van der Waals surface area contributed by atoms with Crippen LogP contribution in [0.4, 0.5) is 6.01 Å². The van der Waals surface area contributed by atoms with Crippen LogP contribution in [0.15, 0.2) is 10.7 Å². The molecule has 5 nitrogen and oxygen atoms in total. The van der Waals surface area contributed by atoms with Gasteiger partial charge in [0.15, 0.2) is 0 Å². The first-order chi connectivity index (χ1) is 7.69. The smallest absolute Gasteiger partial charge is 0.304 e. The SMILES string of the molecule is CCCC(=O)N(CCOC)c1nc(C)co1. The highest BCUT2D eigenvalue weighted by atomic mass is 16.5. The Kier molecular flexibility index (Phi) is 4.98. The lowest BCUT2D eigenvalue weighted by Gasteiger charge is -2.17. The molecule has 0 atom stereocenters. The lowest BCUT2D eigenvalue weighted by atomic mass is 10.3. The Bertz CT molecular complexity index is 336. The summed E-state index contributed by atoms with van der Waals surface area (Å²) in [6.07, 6.45) is 2.83. The van der Waals surface area contributed by atoms with E-state index in [9.17, 15) is 4.79 Å². The van der Waals surface area contributed by atoms with E-state index in [0.717, 1.165) is 12.1 Å². The number of oxazole rings is 1. The van der Waals surface area contributed by atoms with Gasteiger partial charge in [-0.05, 0) is 13.3 Å². The van der Waals surface area contributed by atoms with Crippen molar-refractivity contribution in [2.24, 2.45) is 0 Å². The molecule has 1 amide bonds. The molecule has 90 valence electrons. The number of anilines is 1. The Morgan fingerprint density at radius 2 is 2.38 bits per heavy atom. The van der Waals surface area contributed by atoms with Crippen molar-refractivity contribution in [1.29, 1.82) is 0 Å². The van der Waals surface area contributed by atoms with Gasteiger partial charge in [0, 0.05) is 13.5 Å². The molecule has 0 saturated heterocycles. The summed E-state index contributed by atoms with van der Waals surface area (Å²) in [5.74, 6) is 0.0152. The summed E-state index contributed by atoms with van der Waals surface area (Å²) in [6, 6.07) is 0.355. The summed E-state index contributed by atoms with van der Waals surface area (Å²) in [4.78, 5) is 17.5. The van der Waals surface area contributed by atoms with Crippen molar-refractivity contribution in [1.82, 2.24) is 4.98 Å². The molecular formula is C11H18N2O3. The van der Waals surface area contributed by atoms with Crippen LogP contribution in [0.1, 0.15) is 25.5 Å². The Morgan fingerprint density at radius 1 is 1.62 bits per heavy atom. The minimum atomic E-state index is 0.0152. The van der Waals surface area contributed by atoms with Gasteiger partial charge in [-0.15, -0.1) is 0 Å². The largest absolute Gasteiger partial charge is 0.431 e. The quantitative estimate of drug-likeness (QED) is 0.741. The minimum Gasteiger partial charge on any atom is -0.431 e. The summed E-state index contributed by atoms with van der Waals surface area (Å²) in [5, 5.41) is 0. The van der Waals surface area contributed by atoms with Gasteiger partial charge in [0.05, 0.1) is 18.8 Å². The Morgan fingerprint density at radius 3 is 2.88 bits per heavy atom. The molecule has 1 heterocycles. The molecule has 0 aliphatic carbocycles. The highest BCUT2D eigenvalue weighted by molar-refractivity contribution is 5.91. The van der Waals surface area contributed by atoms with Crippen LogP contribution in [0.3, 0.4) is 0 Å². The third-order valence-electron chi connectivity index (χ3n) is 2.12.